The average molecular weight is 313 g/mol. The Morgan fingerprint density at radius 2 is 2.14 bits per heavy atom. The molecule has 8 nitrogen and oxygen atoms in total. The number of ether oxygens (including phenoxy) is 1. The third-order valence-electron chi connectivity index (χ3n) is 2.81. The van der Waals surface area contributed by atoms with Crippen molar-refractivity contribution in [3.8, 4) is 11.8 Å². The summed E-state index contributed by atoms with van der Waals surface area (Å²) < 4.78 is 30.8. The van der Waals surface area contributed by atoms with E-state index in [1.54, 1.807) is 6.92 Å². The van der Waals surface area contributed by atoms with Crippen LogP contribution in [0.2, 0.25) is 0 Å². The molecule has 0 heterocycles. The van der Waals surface area contributed by atoms with Crippen molar-refractivity contribution in [1.29, 1.82) is 5.26 Å². The lowest BCUT2D eigenvalue weighted by atomic mass is 10.3. The van der Waals surface area contributed by atoms with Gasteiger partial charge in [0, 0.05) is 19.5 Å². The number of sulfonamides is 1. The van der Waals surface area contributed by atoms with Gasteiger partial charge in [-0.25, -0.2) is 8.42 Å². The molecule has 0 N–H and O–H groups in total. The molecule has 0 bridgehead atoms. The first-order chi connectivity index (χ1) is 9.88. The highest BCUT2D eigenvalue weighted by Gasteiger charge is 2.31. The minimum atomic E-state index is -4.04. The molecule has 0 saturated heterocycles. The molecular weight excluding hydrogens is 298 g/mol. The number of nitro groups is 1. The van der Waals surface area contributed by atoms with Crippen LogP contribution in [0.15, 0.2) is 23.1 Å². The predicted molar refractivity (Wildman–Crippen MR) is 74.3 cm³/mol. The Morgan fingerprint density at radius 1 is 1.48 bits per heavy atom. The molecule has 0 atom stereocenters. The quantitative estimate of drug-likeness (QED) is 0.557. The van der Waals surface area contributed by atoms with E-state index in [1.165, 1.54) is 13.2 Å². The Labute approximate surface area is 122 Å². The summed E-state index contributed by atoms with van der Waals surface area (Å²) in [5, 5.41) is 19.6. The van der Waals surface area contributed by atoms with Gasteiger partial charge in [-0.3, -0.25) is 10.1 Å². The second-order valence-corrected chi connectivity index (χ2v) is 5.90. The highest BCUT2D eigenvalue weighted by atomic mass is 32.2. The van der Waals surface area contributed by atoms with Gasteiger partial charge < -0.3 is 4.74 Å². The van der Waals surface area contributed by atoms with Crippen LogP contribution in [0, 0.1) is 21.4 Å². The molecule has 9 heteroatoms. The molecule has 0 aliphatic carbocycles. The Kier molecular flexibility index (Phi) is 5.63. The number of nitro benzene ring substituents is 1. The lowest BCUT2D eigenvalue weighted by Gasteiger charge is -2.19. The molecule has 0 amide bonds. The number of hydrogen-bond donors (Lipinski definition) is 0. The highest BCUT2D eigenvalue weighted by molar-refractivity contribution is 7.89. The molecule has 21 heavy (non-hydrogen) atoms. The zero-order chi connectivity index (χ0) is 16.0. The standard InChI is InChI=1S/C12H15N3O5S/c1-3-14(8-4-7-13)21(18,19)12-6-5-10(20-2)9-11(12)15(16)17/h5-6,9H,3-4,8H2,1-2H3. The van der Waals surface area contributed by atoms with Gasteiger partial charge in [-0.15, -0.1) is 0 Å². The van der Waals surface area contributed by atoms with Crippen molar-refractivity contribution in [2.75, 3.05) is 20.2 Å². The molecule has 0 radical (unpaired) electrons. The van der Waals surface area contributed by atoms with E-state index in [2.05, 4.69) is 0 Å². The van der Waals surface area contributed by atoms with Crippen molar-refractivity contribution in [2.45, 2.75) is 18.2 Å². The van der Waals surface area contributed by atoms with E-state index in [1.807, 2.05) is 6.07 Å². The van der Waals surface area contributed by atoms with Gasteiger partial charge in [0.25, 0.3) is 5.69 Å². The minimum absolute atomic E-state index is 0.0109. The summed E-state index contributed by atoms with van der Waals surface area (Å²) in [5.74, 6) is 0.195. The summed E-state index contributed by atoms with van der Waals surface area (Å²) >= 11 is 0. The maximum Gasteiger partial charge on any atom is 0.293 e. The van der Waals surface area contributed by atoms with Gasteiger partial charge in [0.1, 0.15) is 5.75 Å². The number of nitriles is 1. The number of rotatable bonds is 7. The number of methoxy groups -OCH3 is 1. The third-order valence-corrected chi connectivity index (χ3v) is 4.83. The van der Waals surface area contributed by atoms with Crippen LogP contribution in [0.4, 0.5) is 5.69 Å². The molecule has 0 aliphatic heterocycles. The molecular formula is C12H15N3O5S. The zero-order valence-electron chi connectivity index (χ0n) is 11.6. The summed E-state index contributed by atoms with van der Waals surface area (Å²) in [6.45, 7) is 1.70. The third kappa shape index (κ3) is 3.68. The smallest absolute Gasteiger partial charge is 0.293 e. The molecule has 0 spiro atoms. The molecule has 1 rings (SSSR count). The van der Waals surface area contributed by atoms with E-state index in [-0.39, 0.29) is 25.3 Å². The van der Waals surface area contributed by atoms with Crippen LogP contribution in [0.25, 0.3) is 0 Å². The van der Waals surface area contributed by atoms with Crippen molar-refractivity contribution in [1.82, 2.24) is 4.31 Å². The summed E-state index contributed by atoms with van der Waals surface area (Å²) in [7, 11) is -2.71. The van der Waals surface area contributed by atoms with E-state index in [4.69, 9.17) is 10.00 Å². The predicted octanol–water partition coefficient (Wildman–Crippen LogP) is 1.53. The fraction of sp³-hybridized carbons (Fsp3) is 0.417. The van der Waals surface area contributed by atoms with E-state index in [9.17, 15) is 18.5 Å². The largest absolute Gasteiger partial charge is 0.497 e. The van der Waals surface area contributed by atoms with Gasteiger partial charge in [-0.1, -0.05) is 6.92 Å². The summed E-state index contributed by atoms with van der Waals surface area (Å²) in [5.41, 5.74) is -0.551. The van der Waals surface area contributed by atoms with Gasteiger partial charge in [-0.05, 0) is 12.1 Å². The van der Waals surface area contributed by atoms with Gasteiger partial charge in [0.2, 0.25) is 10.0 Å². The first-order valence-electron chi connectivity index (χ1n) is 6.08. The van der Waals surface area contributed by atoms with Crippen LogP contribution in [0.5, 0.6) is 5.75 Å². The maximum absolute atomic E-state index is 12.5. The average Bonchev–Trinajstić information content (AvgIpc) is 2.47. The first-order valence-corrected chi connectivity index (χ1v) is 7.52. The van der Waals surface area contributed by atoms with Crippen LogP contribution < -0.4 is 4.74 Å². The number of hydrogen-bond acceptors (Lipinski definition) is 6. The molecule has 114 valence electrons. The molecule has 0 fully saturated rings. The molecule has 0 aliphatic rings. The van der Waals surface area contributed by atoms with E-state index in [0.717, 1.165) is 16.4 Å². The Hall–Kier alpha value is -2.18. The Bertz CT molecular complexity index is 666. The SMILES string of the molecule is CCN(CCC#N)S(=O)(=O)c1ccc(OC)cc1[N+](=O)[O-]. The first kappa shape index (κ1) is 16.9. The fourth-order valence-corrected chi connectivity index (χ4v) is 3.33. The second kappa shape index (κ2) is 7.01. The molecule has 1 aromatic carbocycles. The van der Waals surface area contributed by atoms with Crippen molar-refractivity contribution in [2.24, 2.45) is 0 Å². The van der Waals surface area contributed by atoms with Crippen molar-refractivity contribution < 1.29 is 18.1 Å². The van der Waals surface area contributed by atoms with E-state index < -0.39 is 25.5 Å². The molecule has 0 unspecified atom stereocenters. The number of nitrogens with zero attached hydrogens (tertiary/aromatic N) is 3. The molecule has 0 aromatic heterocycles. The maximum atomic E-state index is 12.5. The summed E-state index contributed by atoms with van der Waals surface area (Å²) in [6, 6.07) is 5.40. The lowest BCUT2D eigenvalue weighted by molar-refractivity contribution is -0.387. The van der Waals surface area contributed by atoms with Gasteiger partial charge in [0.15, 0.2) is 4.90 Å². The van der Waals surface area contributed by atoms with Crippen molar-refractivity contribution in [3.05, 3.63) is 28.3 Å². The summed E-state index contributed by atoms with van der Waals surface area (Å²) in [4.78, 5) is 9.90. The van der Waals surface area contributed by atoms with Crippen LogP contribution in [-0.4, -0.2) is 37.8 Å². The van der Waals surface area contributed by atoms with Crippen LogP contribution in [-0.2, 0) is 10.0 Å². The van der Waals surface area contributed by atoms with Crippen LogP contribution >= 0.6 is 0 Å². The van der Waals surface area contributed by atoms with Gasteiger partial charge in [0.05, 0.1) is 24.2 Å². The molecule has 0 saturated carbocycles. The normalized spacial score (nSPS) is 11.1. The topological polar surface area (TPSA) is 114 Å². The second-order valence-electron chi connectivity index (χ2n) is 4.00. The van der Waals surface area contributed by atoms with Crippen molar-refractivity contribution in [3.63, 3.8) is 0 Å². The lowest BCUT2D eigenvalue weighted by Crippen LogP contribution is -2.32. The zero-order valence-corrected chi connectivity index (χ0v) is 12.5. The number of benzene rings is 1. The van der Waals surface area contributed by atoms with E-state index >= 15 is 0 Å². The van der Waals surface area contributed by atoms with Crippen LogP contribution in [0.3, 0.4) is 0 Å². The van der Waals surface area contributed by atoms with Crippen molar-refractivity contribution >= 4 is 15.7 Å². The molecule has 1 aromatic rings. The van der Waals surface area contributed by atoms with Gasteiger partial charge >= 0.3 is 0 Å². The Balaban J connectivity index is 3.36. The van der Waals surface area contributed by atoms with Gasteiger partial charge in [-0.2, -0.15) is 9.57 Å². The Morgan fingerprint density at radius 3 is 2.62 bits per heavy atom. The monoisotopic (exact) mass is 313 g/mol. The fourth-order valence-electron chi connectivity index (χ4n) is 1.75. The summed E-state index contributed by atoms with van der Waals surface area (Å²) in [6.07, 6.45) is 0.0109. The minimum Gasteiger partial charge on any atom is -0.497 e. The van der Waals surface area contributed by atoms with Crippen LogP contribution in [0.1, 0.15) is 13.3 Å². The highest BCUT2D eigenvalue weighted by Crippen LogP contribution is 2.30. The van der Waals surface area contributed by atoms with E-state index in [0.29, 0.717) is 0 Å².